The molecule has 0 N–H and O–H groups in total. The fourth-order valence-electron chi connectivity index (χ4n) is 2.39. The number of rotatable bonds is 2. The van der Waals surface area contributed by atoms with Crippen molar-refractivity contribution in [1.29, 1.82) is 0 Å². The Balaban J connectivity index is 1.87. The molecule has 1 aliphatic rings. The number of pyridine rings is 1. The summed E-state index contributed by atoms with van der Waals surface area (Å²) < 4.78 is 1.87. The Morgan fingerprint density at radius 3 is 2.75 bits per heavy atom. The number of aromatic nitrogens is 3. The van der Waals surface area contributed by atoms with Gasteiger partial charge in [-0.25, -0.2) is 9.67 Å². The fraction of sp³-hybridized carbons (Fsp3) is 0.385. The molecule has 0 aromatic carbocycles. The molecule has 2 aromatic rings. The van der Waals surface area contributed by atoms with E-state index in [9.17, 15) is 0 Å². The third-order valence-electron chi connectivity index (χ3n) is 3.27. The smallest absolute Gasteiger partial charge is 0.153 e. The molecule has 2 heterocycles. The van der Waals surface area contributed by atoms with Crippen LogP contribution in [0.25, 0.3) is 5.82 Å². The number of nitrogens with zero attached hydrogens (tertiary/aromatic N) is 3. The van der Waals surface area contributed by atoms with Gasteiger partial charge in [-0.15, -0.1) is 0 Å². The lowest BCUT2D eigenvalue weighted by Gasteiger charge is -2.04. The van der Waals surface area contributed by atoms with Crippen molar-refractivity contribution in [3.8, 4) is 5.82 Å². The van der Waals surface area contributed by atoms with Crippen LogP contribution < -0.4 is 0 Å². The zero-order valence-electron chi connectivity index (χ0n) is 9.21. The lowest BCUT2D eigenvalue weighted by molar-refractivity contribution is 0.675. The Labute approximate surface area is 95.1 Å². The van der Waals surface area contributed by atoms with Gasteiger partial charge in [-0.3, -0.25) is 0 Å². The summed E-state index contributed by atoms with van der Waals surface area (Å²) in [7, 11) is 0. The summed E-state index contributed by atoms with van der Waals surface area (Å²) in [4.78, 5) is 4.29. The van der Waals surface area contributed by atoms with Crippen molar-refractivity contribution >= 4 is 0 Å². The molecule has 0 saturated heterocycles. The van der Waals surface area contributed by atoms with Crippen LogP contribution >= 0.6 is 0 Å². The molecule has 0 spiro atoms. The van der Waals surface area contributed by atoms with E-state index in [0.29, 0.717) is 5.92 Å². The van der Waals surface area contributed by atoms with Crippen molar-refractivity contribution in [1.82, 2.24) is 14.8 Å². The molecule has 0 aliphatic heterocycles. The molecule has 82 valence electrons. The van der Waals surface area contributed by atoms with E-state index in [2.05, 4.69) is 16.1 Å². The molecule has 1 fully saturated rings. The normalized spacial score (nSPS) is 16.8. The molecule has 3 nitrogen and oxygen atoms in total. The highest BCUT2D eigenvalue weighted by molar-refractivity contribution is 5.22. The monoisotopic (exact) mass is 213 g/mol. The van der Waals surface area contributed by atoms with Crippen LogP contribution in [0.2, 0.25) is 0 Å². The third-order valence-corrected chi connectivity index (χ3v) is 3.27. The molecule has 0 amide bonds. The second kappa shape index (κ2) is 4.08. The van der Waals surface area contributed by atoms with E-state index < -0.39 is 0 Å². The van der Waals surface area contributed by atoms with Crippen LogP contribution in [0, 0.1) is 0 Å². The van der Waals surface area contributed by atoms with Crippen LogP contribution in [0.4, 0.5) is 0 Å². The first-order chi connectivity index (χ1) is 7.93. The minimum Gasteiger partial charge on any atom is -0.237 e. The van der Waals surface area contributed by atoms with Crippen molar-refractivity contribution < 1.29 is 0 Å². The average Bonchev–Trinajstić information content (AvgIpc) is 3.01. The van der Waals surface area contributed by atoms with Crippen LogP contribution in [0.3, 0.4) is 0 Å². The Morgan fingerprint density at radius 1 is 1.12 bits per heavy atom. The van der Waals surface area contributed by atoms with Crippen molar-refractivity contribution in [2.75, 3.05) is 0 Å². The largest absolute Gasteiger partial charge is 0.237 e. The van der Waals surface area contributed by atoms with Crippen molar-refractivity contribution in [2.45, 2.75) is 31.6 Å². The van der Waals surface area contributed by atoms with Gasteiger partial charge in [0.05, 0.1) is 5.69 Å². The lowest BCUT2D eigenvalue weighted by Crippen LogP contribution is -2.00. The third kappa shape index (κ3) is 1.73. The predicted molar refractivity (Wildman–Crippen MR) is 62.6 cm³/mol. The second-order valence-corrected chi connectivity index (χ2v) is 4.35. The van der Waals surface area contributed by atoms with E-state index in [4.69, 9.17) is 0 Å². The van der Waals surface area contributed by atoms with E-state index in [1.54, 1.807) is 6.20 Å². The SMILES string of the molecule is c1ccc(-n2ccc(C3CCCC3)n2)nc1. The molecule has 3 heteroatoms. The summed E-state index contributed by atoms with van der Waals surface area (Å²) in [6.07, 6.45) is 9.09. The summed E-state index contributed by atoms with van der Waals surface area (Å²) in [6, 6.07) is 8.01. The molecule has 2 aromatic heterocycles. The molecule has 3 rings (SSSR count). The van der Waals surface area contributed by atoms with Gasteiger partial charge in [-0.05, 0) is 31.0 Å². The number of hydrogen-bond acceptors (Lipinski definition) is 2. The first-order valence-electron chi connectivity index (χ1n) is 5.90. The van der Waals surface area contributed by atoms with Crippen molar-refractivity contribution in [3.05, 3.63) is 42.4 Å². The van der Waals surface area contributed by atoms with Gasteiger partial charge in [-0.1, -0.05) is 18.9 Å². The molecule has 16 heavy (non-hydrogen) atoms. The summed E-state index contributed by atoms with van der Waals surface area (Å²) in [5.74, 6) is 1.57. The minimum atomic E-state index is 0.671. The molecule has 0 unspecified atom stereocenters. The van der Waals surface area contributed by atoms with Crippen LogP contribution in [-0.2, 0) is 0 Å². The first-order valence-corrected chi connectivity index (χ1v) is 5.90. The molecule has 1 aliphatic carbocycles. The second-order valence-electron chi connectivity index (χ2n) is 4.35. The van der Waals surface area contributed by atoms with Crippen LogP contribution in [0.5, 0.6) is 0 Å². The van der Waals surface area contributed by atoms with Crippen LogP contribution in [0.1, 0.15) is 37.3 Å². The van der Waals surface area contributed by atoms with Crippen molar-refractivity contribution in [3.63, 3.8) is 0 Å². The number of hydrogen-bond donors (Lipinski definition) is 0. The zero-order chi connectivity index (χ0) is 10.8. The van der Waals surface area contributed by atoms with Gasteiger partial charge in [0.15, 0.2) is 5.82 Å². The predicted octanol–water partition coefficient (Wildman–Crippen LogP) is 2.92. The molecule has 1 saturated carbocycles. The molecular formula is C13H15N3. The van der Waals surface area contributed by atoms with Gasteiger partial charge in [0, 0.05) is 18.3 Å². The van der Waals surface area contributed by atoms with E-state index in [0.717, 1.165) is 5.82 Å². The summed E-state index contributed by atoms with van der Waals surface area (Å²) in [5.41, 5.74) is 1.23. The highest BCUT2D eigenvalue weighted by Gasteiger charge is 2.19. The maximum absolute atomic E-state index is 4.62. The maximum Gasteiger partial charge on any atom is 0.153 e. The van der Waals surface area contributed by atoms with Gasteiger partial charge in [0.2, 0.25) is 0 Å². The van der Waals surface area contributed by atoms with Gasteiger partial charge < -0.3 is 0 Å². The van der Waals surface area contributed by atoms with E-state index in [-0.39, 0.29) is 0 Å². The molecule has 0 bridgehead atoms. The van der Waals surface area contributed by atoms with Gasteiger partial charge in [-0.2, -0.15) is 5.10 Å². The topological polar surface area (TPSA) is 30.7 Å². The molecular weight excluding hydrogens is 198 g/mol. The summed E-state index contributed by atoms with van der Waals surface area (Å²) >= 11 is 0. The van der Waals surface area contributed by atoms with Gasteiger partial charge >= 0.3 is 0 Å². The van der Waals surface area contributed by atoms with Crippen molar-refractivity contribution in [2.24, 2.45) is 0 Å². The maximum atomic E-state index is 4.62. The van der Waals surface area contributed by atoms with Gasteiger partial charge in [0.25, 0.3) is 0 Å². The summed E-state index contributed by atoms with van der Waals surface area (Å²) in [6.45, 7) is 0. The Kier molecular flexibility index (Phi) is 2.44. The first kappa shape index (κ1) is 9.58. The highest BCUT2D eigenvalue weighted by atomic mass is 15.3. The Morgan fingerprint density at radius 2 is 2.00 bits per heavy atom. The zero-order valence-corrected chi connectivity index (χ0v) is 9.21. The van der Waals surface area contributed by atoms with E-state index >= 15 is 0 Å². The summed E-state index contributed by atoms with van der Waals surface area (Å²) in [5, 5.41) is 4.62. The standard InChI is InChI=1S/C13H15N3/c1-2-6-11(5-1)12-8-10-16(15-12)13-7-3-4-9-14-13/h3-4,7-11H,1-2,5-6H2. The fourth-order valence-corrected chi connectivity index (χ4v) is 2.39. The average molecular weight is 213 g/mol. The Hall–Kier alpha value is -1.64. The minimum absolute atomic E-state index is 0.671. The quantitative estimate of drug-likeness (QED) is 0.768. The molecule has 0 radical (unpaired) electrons. The van der Waals surface area contributed by atoms with E-state index in [1.165, 1.54) is 31.4 Å². The highest BCUT2D eigenvalue weighted by Crippen LogP contribution is 2.32. The molecule has 0 atom stereocenters. The van der Waals surface area contributed by atoms with Crippen LogP contribution in [0.15, 0.2) is 36.7 Å². The Bertz CT molecular complexity index is 455. The lowest BCUT2D eigenvalue weighted by atomic mass is 10.1. The van der Waals surface area contributed by atoms with E-state index in [1.807, 2.05) is 29.1 Å². The van der Waals surface area contributed by atoms with Crippen LogP contribution in [-0.4, -0.2) is 14.8 Å². The van der Waals surface area contributed by atoms with Gasteiger partial charge in [0.1, 0.15) is 0 Å².